The van der Waals surface area contributed by atoms with E-state index in [1.165, 1.54) is 0 Å². The van der Waals surface area contributed by atoms with Gasteiger partial charge >= 0.3 is 6.09 Å². The Kier molecular flexibility index (Phi) is 3.51. The minimum absolute atomic E-state index is 0.284. The second-order valence-electron chi connectivity index (χ2n) is 2.83. The van der Waals surface area contributed by atoms with E-state index in [-0.39, 0.29) is 6.09 Å². The highest BCUT2D eigenvalue weighted by molar-refractivity contribution is 5.72. The topological polar surface area (TPSA) is 29.5 Å². The number of carbonyl (C=O) groups excluding carboxylic acids is 1. The van der Waals surface area contributed by atoms with Gasteiger partial charge in [0.15, 0.2) is 0 Å². The number of amides is 1. The Morgan fingerprint density at radius 1 is 1.29 bits per heavy atom. The summed E-state index contributed by atoms with van der Waals surface area (Å²) >= 11 is 0. The lowest BCUT2D eigenvalue weighted by Crippen LogP contribution is -2.33. The lowest BCUT2D eigenvalue weighted by atomic mass is 10.2. The fourth-order valence-corrected chi connectivity index (χ4v) is 1.23. The fraction of sp³-hybridized carbons (Fsp3) is 0.364. The Morgan fingerprint density at radius 2 is 1.93 bits per heavy atom. The summed E-state index contributed by atoms with van der Waals surface area (Å²) in [5.74, 6) is 0.681. The highest BCUT2D eigenvalue weighted by Gasteiger charge is 2.20. The zero-order valence-electron chi connectivity index (χ0n) is 8.78. The molecule has 3 nitrogen and oxygen atoms in total. The third-order valence-corrected chi connectivity index (χ3v) is 1.89. The molecule has 1 aromatic rings. The molecule has 1 amide bonds. The van der Waals surface area contributed by atoms with Gasteiger partial charge in [-0.1, -0.05) is 32.0 Å². The van der Waals surface area contributed by atoms with Gasteiger partial charge in [-0.05, 0) is 6.07 Å². The summed E-state index contributed by atoms with van der Waals surface area (Å²) in [6, 6.07) is 7.56. The van der Waals surface area contributed by atoms with Gasteiger partial charge in [0.25, 0.3) is 0 Å². The molecule has 1 heterocycles. The van der Waals surface area contributed by atoms with E-state index in [1.807, 2.05) is 32.0 Å². The number of hydrogen-bond donors (Lipinski definition) is 0. The molecule has 0 saturated heterocycles. The van der Waals surface area contributed by atoms with Crippen molar-refractivity contribution in [1.82, 2.24) is 4.90 Å². The van der Waals surface area contributed by atoms with Gasteiger partial charge in [0.2, 0.25) is 0 Å². The van der Waals surface area contributed by atoms with E-state index in [9.17, 15) is 4.79 Å². The molecule has 1 aliphatic rings. The van der Waals surface area contributed by atoms with E-state index in [4.69, 9.17) is 4.74 Å². The second kappa shape index (κ2) is 4.65. The first-order valence-corrected chi connectivity index (χ1v) is 4.78. The zero-order valence-corrected chi connectivity index (χ0v) is 8.78. The minimum Gasteiger partial charge on any atom is -0.410 e. The van der Waals surface area contributed by atoms with Gasteiger partial charge < -0.3 is 9.64 Å². The highest BCUT2D eigenvalue weighted by atomic mass is 16.6. The van der Waals surface area contributed by atoms with Crippen LogP contribution in [0.1, 0.15) is 19.4 Å². The normalized spacial score (nSPS) is 13.6. The average Bonchev–Trinajstić information content (AvgIpc) is 2.23. The maximum atomic E-state index is 11.1. The molecule has 0 radical (unpaired) electrons. The smallest absolute Gasteiger partial charge is 0.410 e. The minimum atomic E-state index is -0.284. The summed E-state index contributed by atoms with van der Waals surface area (Å²) in [6.07, 6.45) is -0.284. The van der Waals surface area contributed by atoms with Crippen LogP contribution < -0.4 is 4.74 Å². The molecule has 0 aromatic heterocycles. The molecule has 0 atom stereocenters. The van der Waals surface area contributed by atoms with Gasteiger partial charge in [-0.25, -0.2) is 4.79 Å². The van der Waals surface area contributed by atoms with Crippen molar-refractivity contribution in [2.75, 3.05) is 7.05 Å². The first-order chi connectivity index (χ1) is 6.77. The quantitative estimate of drug-likeness (QED) is 0.634. The SMILES string of the molecule is CC.CN1Cc2ccccc2OC1=O. The van der Waals surface area contributed by atoms with Crippen molar-refractivity contribution in [1.29, 1.82) is 0 Å². The molecule has 0 aliphatic carbocycles. The number of carbonyl (C=O) groups is 1. The number of ether oxygens (including phenoxy) is 1. The molecule has 0 saturated carbocycles. The molecule has 0 unspecified atom stereocenters. The van der Waals surface area contributed by atoms with Crippen molar-refractivity contribution in [2.45, 2.75) is 20.4 Å². The van der Waals surface area contributed by atoms with Gasteiger partial charge in [-0.3, -0.25) is 0 Å². The van der Waals surface area contributed by atoms with E-state index < -0.39 is 0 Å². The van der Waals surface area contributed by atoms with Crippen LogP contribution in [0.25, 0.3) is 0 Å². The molecule has 1 aromatic carbocycles. The highest BCUT2D eigenvalue weighted by Crippen LogP contribution is 2.23. The van der Waals surface area contributed by atoms with Gasteiger partial charge in [-0.15, -0.1) is 0 Å². The number of para-hydroxylation sites is 1. The van der Waals surface area contributed by atoms with Crippen LogP contribution >= 0.6 is 0 Å². The number of rotatable bonds is 0. The Hall–Kier alpha value is -1.51. The predicted octanol–water partition coefficient (Wildman–Crippen LogP) is 2.66. The van der Waals surface area contributed by atoms with Crippen LogP contribution in [-0.4, -0.2) is 18.0 Å². The number of fused-ring (bicyclic) bond motifs is 1. The van der Waals surface area contributed by atoms with Crippen molar-refractivity contribution >= 4 is 6.09 Å². The van der Waals surface area contributed by atoms with E-state index in [0.717, 1.165) is 5.56 Å². The Morgan fingerprint density at radius 3 is 2.64 bits per heavy atom. The monoisotopic (exact) mass is 193 g/mol. The maximum absolute atomic E-state index is 11.1. The standard InChI is InChI=1S/C9H9NO2.C2H6/c1-10-6-7-4-2-3-5-8(7)12-9(10)11;1-2/h2-5H,6H2,1H3;1-2H3. The van der Waals surface area contributed by atoms with Crippen LogP contribution in [0.3, 0.4) is 0 Å². The number of benzene rings is 1. The van der Waals surface area contributed by atoms with E-state index in [2.05, 4.69) is 0 Å². The largest absolute Gasteiger partial charge is 0.415 e. The Balaban J connectivity index is 0.000000461. The van der Waals surface area contributed by atoms with E-state index in [0.29, 0.717) is 12.3 Å². The summed E-state index contributed by atoms with van der Waals surface area (Å²) in [5.41, 5.74) is 1.06. The molecule has 0 fully saturated rings. The van der Waals surface area contributed by atoms with Crippen LogP contribution in [0.5, 0.6) is 5.75 Å². The van der Waals surface area contributed by atoms with Crippen molar-refractivity contribution in [2.24, 2.45) is 0 Å². The molecule has 0 N–H and O–H groups in total. The molecular formula is C11H15NO2. The van der Waals surface area contributed by atoms with Crippen molar-refractivity contribution in [3.63, 3.8) is 0 Å². The van der Waals surface area contributed by atoms with Crippen LogP contribution in [0, 0.1) is 0 Å². The van der Waals surface area contributed by atoms with Crippen LogP contribution in [0.15, 0.2) is 24.3 Å². The van der Waals surface area contributed by atoms with Gasteiger partial charge in [0.05, 0.1) is 6.54 Å². The van der Waals surface area contributed by atoms with Crippen LogP contribution in [-0.2, 0) is 6.54 Å². The average molecular weight is 193 g/mol. The summed E-state index contributed by atoms with van der Waals surface area (Å²) in [4.78, 5) is 12.6. The van der Waals surface area contributed by atoms with Crippen molar-refractivity contribution in [3.8, 4) is 5.75 Å². The third kappa shape index (κ3) is 2.05. The summed E-state index contributed by atoms with van der Waals surface area (Å²) in [6.45, 7) is 4.63. The third-order valence-electron chi connectivity index (χ3n) is 1.89. The lowest BCUT2D eigenvalue weighted by molar-refractivity contribution is 0.150. The van der Waals surface area contributed by atoms with Gasteiger partial charge in [-0.2, -0.15) is 0 Å². The molecule has 0 bridgehead atoms. The Labute approximate surface area is 84.3 Å². The summed E-state index contributed by atoms with van der Waals surface area (Å²) < 4.78 is 5.03. The molecule has 0 spiro atoms. The Bertz CT molecular complexity index is 323. The van der Waals surface area contributed by atoms with Gasteiger partial charge in [0.1, 0.15) is 5.75 Å². The van der Waals surface area contributed by atoms with Gasteiger partial charge in [0, 0.05) is 12.6 Å². The molecule has 76 valence electrons. The molecule has 1 aliphatic heterocycles. The first kappa shape index (κ1) is 10.6. The first-order valence-electron chi connectivity index (χ1n) is 4.78. The molecule has 3 heteroatoms. The predicted molar refractivity (Wildman–Crippen MR) is 55.3 cm³/mol. The van der Waals surface area contributed by atoms with Crippen LogP contribution in [0.4, 0.5) is 4.79 Å². The summed E-state index contributed by atoms with van der Waals surface area (Å²) in [5, 5.41) is 0. The van der Waals surface area contributed by atoms with Crippen molar-refractivity contribution in [3.05, 3.63) is 29.8 Å². The number of nitrogens with zero attached hydrogens (tertiary/aromatic N) is 1. The molecule has 14 heavy (non-hydrogen) atoms. The molecule has 2 rings (SSSR count). The second-order valence-corrected chi connectivity index (χ2v) is 2.83. The zero-order chi connectivity index (χ0) is 10.6. The fourth-order valence-electron chi connectivity index (χ4n) is 1.23. The molecular weight excluding hydrogens is 178 g/mol. The maximum Gasteiger partial charge on any atom is 0.415 e. The van der Waals surface area contributed by atoms with E-state index in [1.54, 1.807) is 18.0 Å². The van der Waals surface area contributed by atoms with E-state index >= 15 is 0 Å². The van der Waals surface area contributed by atoms with Crippen LogP contribution in [0.2, 0.25) is 0 Å². The van der Waals surface area contributed by atoms with Crippen molar-refractivity contribution < 1.29 is 9.53 Å². The summed E-state index contributed by atoms with van der Waals surface area (Å²) in [7, 11) is 1.72. The number of hydrogen-bond acceptors (Lipinski definition) is 2. The lowest BCUT2D eigenvalue weighted by Gasteiger charge is -2.23.